The number of hydrogen-bond donors (Lipinski definition) is 4. The summed E-state index contributed by atoms with van der Waals surface area (Å²) in [7, 11) is 0. The lowest BCUT2D eigenvalue weighted by atomic mass is 10.00. The second-order valence-electron chi connectivity index (χ2n) is 7.47. The lowest BCUT2D eigenvalue weighted by molar-refractivity contribution is 0.0838. The van der Waals surface area contributed by atoms with Crippen LogP contribution in [0.5, 0.6) is 0 Å². The molecule has 1 aliphatic rings. The van der Waals surface area contributed by atoms with E-state index in [0.717, 1.165) is 25.2 Å². The van der Waals surface area contributed by atoms with Crippen molar-refractivity contribution in [3.05, 3.63) is 65.2 Å². The molecule has 4 rings (SSSR count). The average molecular weight is 407 g/mol. The maximum atomic E-state index is 12.4. The van der Waals surface area contributed by atoms with Crippen LogP contribution in [0.2, 0.25) is 0 Å². The van der Waals surface area contributed by atoms with Crippen molar-refractivity contribution in [2.45, 2.75) is 26.0 Å². The Kier molecular flexibility index (Phi) is 6.01. The number of carbonyl (C=O) groups excluding carboxylic acids is 1. The number of nitrogens with zero attached hydrogens (tertiary/aromatic N) is 4. The number of carbonyl (C=O) groups is 1. The minimum atomic E-state index is -0.661. The lowest BCUT2D eigenvalue weighted by Gasteiger charge is -2.30. The quantitative estimate of drug-likeness (QED) is 0.467. The lowest BCUT2D eigenvalue weighted by Crippen LogP contribution is -2.42. The predicted octanol–water partition coefficient (Wildman–Crippen LogP) is 1.40. The molecule has 1 amide bonds. The van der Waals surface area contributed by atoms with Crippen LogP contribution < -0.4 is 10.6 Å². The van der Waals surface area contributed by atoms with Crippen molar-refractivity contribution < 1.29 is 9.90 Å². The topological polar surface area (TPSA) is 119 Å². The Balaban J connectivity index is 1.27. The Labute approximate surface area is 174 Å². The van der Waals surface area contributed by atoms with Crippen LogP contribution in [0, 0.1) is 6.92 Å². The monoisotopic (exact) mass is 407 g/mol. The maximum absolute atomic E-state index is 12.4. The molecule has 30 heavy (non-hydrogen) atoms. The van der Waals surface area contributed by atoms with Crippen molar-refractivity contribution in [3.8, 4) is 0 Å². The van der Waals surface area contributed by atoms with E-state index < -0.39 is 6.10 Å². The van der Waals surface area contributed by atoms with E-state index in [4.69, 9.17) is 0 Å². The van der Waals surface area contributed by atoms with Crippen molar-refractivity contribution in [3.63, 3.8) is 0 Å². The Hall–Kier alpha value is -3.30. The fraction of sp³-hybridized carbons (Fsp3) is 0.333. The number of amides is 1. The van der Waals surface area contributed by atoms with Gasteiger partial charge in [0.15, 0.2) is 5.82 Å². The van der Waals surface area contributed by atoms with Gasteiger partial charge in [-0.3, -0.25) is 14.8 Å². The molecule has 2 aromatic heterocycles. The van der Waals surface area contributed by atoms with Crippen molar-refractivity contribution in [1.29, 1.82) is 0 Å². The fourth-order valence-corrected chi connectivity index (χ4v) is 3.54. The zero-order valence-electron chi connectivity index (χ0n) is 16.8. The van der Waals surface area contributed by atoms with Crippen LogP contribution in [-0.2, 0) is 13.0 Å². The van der Waals surface area contributed by atoms with E-state index in [1.165, 1.54) is 17.5 Å². The summed E-state index contributed by atoms with van der Waals surface area (Å²) in [6.45, 7) is 4.27. The largest absolute Gasteiger partial charge is 0.390 e. The molecule has 1 aliphatic heterocycles. The number of anilines is 2. The van der Waals surface area contributed by atoms with Crippen LogP contribution in [0.4, 0.5) is 11.6 Å². The highest BCUT2D eigenvalue weighted by Gasteiger charge is 2.19. The second kappa shape index (κ2) is 9.02. The number of H-pyrrole nitrogens is 1. The molecule has 3 heterocycles. The summed E-state index contributed by atoms with van der Waals surface area (Å²) in [4.78, 5) is 22.8. The van der Waals surface area contributed by atoms with Gasteiger partial charge in [-0.15, -0.1) is 0 Å². The van der Waals surface area contributed by atoms with Gasteiger partial charge in [-0.2, -0.15) is 5.10 Å². The summed E-state index contributed by atoms with van der Waals surface area (Å²) in [5, 5.41) is 23.1. The van der Waals surface area contributed by atoms with E-state index >= 15 is 0 Å². The Morgan fingerprint density at radius 2 is 2.07 bits per heavy atom. The molecule has 3 aromatic rings. The number of β-amino-alcohol motifs (C(OH)–C–C–N with tert-alkyl or cyclic N) is 1. The van der Waals surface area contributed by atoms with Gasteiger partial charge in [0.1, 0.15) is 17.8 Å². The van der Waals surface area contributed by atoms with Crippen LogP contribution in [0.3, 0.4) is 0 Å². The molecule has 9 nitrogen and oxygen atoms in total. The van der Waals surface area contributed by atoms with E-state index in [1.807, 2.05) is 19.1 Å². The number of aliphatic hydroxyl groups excluding tert-OH is 1. The molecule has 0 radical (unpaired) electrons. The number of nitrogens with one attached hydrogen (secondary N) is 3. The molecular formula is C21H25N7O2. The Bertz CT molecular complexity index is 1020. The fourth-order valence-electron chi connectivity index (χ4n) is 3.54. The molecule has 1 aromatic carbocycles. The molecular weight excluding hydrogens is 382 g/mol. The van der Waals surface area contributed by atoms with Gasteiger partial charge in [-0.05, 0) is 24.5 Å². The molecule has 156 valence electrons. The summed E-state index contributed by atoms with van der Waals surface area (Å²) in [5.41, 5.74) is 3.80. The third-order valence-corrected chi connectivity index (χ3v) is 5.04. The third kappa shape index (κ3) is 5.00. The van der Waals surface area contributed by atoms with Gasteiger partial charge in [0.25, 0.3) is 5.91 Å². The zero-order chi connectivity index (χ0) is 20.9. The number of aryl methyl sites for hydroxylation is 1. The Morgan fingerprint density at radius 3 is 2.87 bits per heavy atom. The minimum absolute atomic E-state index is 0.155. The molecule has 0 saturated carbocycles. The van der Waals surface area contributed by atoms with Gasteiger partial charge in [0.05, 0.1) is 6.10 Å². The van der Waals surface area contributed by atoms with E-state index in [9.17, 15) is 9.90 Å². The van der Waals surface area contributed by atoms with Gasteiger partial charge in [0.2, 0.25) is 0 Å². The Morgan fingerprint density at radius 1 is 1.23 bits per heavy atom. The molecule has 1 unspecified atom stereocenters. The highest BCUT2D eigenvalue weighted by atomic mass is 16.3. The van der Waals surface area contributed by atoms with Crippen LogP contribution in [-0.4, -0.2) is 61.8 Å². The number of fused-ring (bicyclic) bond motifs is 1. The van der Waals surface area contributed by atoms with Crippen LogP contribution in [0.25, 0.3) is 0 Å². The number of aromatic nitrogens is 4. The smallest absolute Gasteiger partial charge is 0.270 e. The first kappa shape index (κ1) is 20.0. The van der Waals surface area contributed by atoms with Gasteiger partial charge in [-0.25, -0.2) is 9.97 Å². The number of hydrogen-bond acceptors (Lipinski definition) is 7. The third-order valence-electron chi connectivity index (χ3n) is 5.04. The highest BCUT2D eigenvalue weighted by molar-refractivity contribution is 5.92. The summed E-state index contributed by atoms with van der Waals surface area (Å²) in [6, 6.07) is 11.8. The van der Waals surface area contributed by atoms with E-state index in [1.54, 1.807) is 6.07 Å². The van der Waals surface area contributed by atoms with Crippen molar-refractivity contribution in [1.82, 2.24) is 30.4 Å². The molecule has 9 heteroatoms. The van der Waals surface area contributed by atoms with E-state index in [-0.39, 0.29) is 18.1 Å². The van der Waals surface area contributed by atoms with Gasteiger partial charge in [0, 0.05) is 44.0 Å². The molecule has 0 fully saturated rings. The first-order chi connectivity index (χ1) is 14.6. The van der Waals surface area contributed by atoms with Crippen LogP contribution in [0.15, 0.2) is 42.7 Å². The number of benzene rings is 1. The van der Waals surface area contributed by atoms with Crippen molar-refractivity contribution >= 4 is 17.5 Å². The van der Waals surface area contributed by atoms with Crippen molar-refractivity contribution in [2.24, 2.45) is 0 Å². The molecule has 1 atom stereocenters. The van der Waals surface area contributed by atoms with E-state index in [2.05, 4.69) is 53.9 Å². The minimum Gasteiger partial charge on any atom is -0.390 e. The maximum Gasteiger partial charge on any atom is 0.270 e. The second-order valence-corrected chi connectivity index (χ2v) is 7.47. The number of rotatable bonds is 7. The van der Waals surface area contributed by atoms with Gasteiger partial charge in [-0.1, -0.05) is 24.3 Å². The number of aromatic amines is 1. The summed E-state index contributed by atoms with van der Waals surface area (Å²) in [5.74, 6) is 0.715. The van der Waals surface area contributed by atoms with Crippen molar-refractivity contribution in [2.75, 3.05) is 25.0 Å². The SMILES string of the molecule is Cc1cc(Nc2cc(C(=O)NCC(O)CN3CCc4ccccc4C3)ncn2)n[nH]1. The summed E-state index contributed by atoms with van der Waals surface area (Å²) < 4.78 is 0. The first-order valence-electron chi connectivity index (χ1n) is 9.93. The predicted molar refractivity (Wildman–Crippen MR) is 112 cm³/mol. The number of aliphatic hydroxyl groups is 1. The van der Waals surface area contributed by atoms with Crippen LogP contribution >= 0.6 is 0 Å². The average Bonchev–Trinajstić information content (AvgIpc) is 3.16. The van der Waals surface area contributed by atoms with Gasteiger partial charge >= 0.3 is 0 Å². The first-order valence-corrected chi connectivity index (χ1v) is 9.93. The highest BCUT2D eigenvalue weighted by Crippen LogP contribution is 2.18. The summed E-state index contributed by atoms with van der Waals surface area (Å²) in [6.07, 6.45) is 1.63. The normalized spacial score (nSPS) is 14.7. The molecule has 0 saturated heterocycles. The standard InChI is InChI=1S/C21H25N7O2/c1-14-8-20(27-26-14)25-19-9-18(23-13-24-19)21(30)22-10-17(29)12-28-7-6-15-4-2-3-5-16(15)11-28/h2-5,8-9,13,17,29H,6-7,10-12H2,1H3,(H,22,30)(H2,23,24,25,26,27). The molecule has 0 aliphatic carbocycles. The summed E-state index contributed by atoms with van der Waals surface area (Å²) >= 11 is 0. The van der Waals surface area contributed by atoms with E-state index in [0.29, 0.717) is 18.2 Å². The molecule has 0 bridgehead atoms. The molecule has 4 N–H and O–H groups in total. The van der Waals surface area contributed by atoms with Crippen LogP contribution in [0.1, 0.15) is 27.3 Å². The zero-order valence-corrected chi connectivity index (χ0v) is 16.8. The molecule has 0 spiro atoms. The van der Waals surface area contributed by atoms with Gasteiger partial charge < -0.3 is 15.7 Å².